The van der Waals surface area contributed by atoms with Crippen molar-refractivity contribution in [1.82, 2.24) is 15.1 Å². The van der Waals surface area contributed by atoms with Gasteiger partial charge in [-0.3, -0.25) is 9.79 Å². The van der Waals surface area contributed by atoms with E-state index in [4.69, 9.17) is 4.99 Å². The fourth-order valence-electron chi connectivity index (χ4n) is 4.22. The van der Waals surface area contributed by atoms with E-state index >= 15 is 0 Å². The minimum Gasteiger partial charge on any atom is -0.352 e. The number of nitrogens with one attached hydrogen (secondary N) is 1. The van der Waals surface area contributed by atoms with Crippen molar-refractivity contribution < 1.29 is 4.79 Å². The molecule has 2 aliphatic rings. The Labute approximate surface area is 196 Å². The highest BCUT2D eigenvalue weighted by atomic mass is 32.2. The summed E-state index contributed by atoms with van der Waals surface area (Å²) in [5.74, 6) is -0.0129. The summed E-state index contributed by atoms with van der Waals surface area (Å²) in [5, 5.41) is 3.10. The van der Waals surface area contributed by atoms with Gasteiger partial charge in [-0.15, -0.1) is 0 Å². The number of amides is 1. The molecule has 2 aromatic rings. The number of hydrogen-bond acceptors (Lipinski definition) is 5. The number of piperazine rings is 1. The Balaban J connectivity index is 1.42. The van der Waals surface area contributed by atoms with Crippen LogP contribution in [0, 0.1) is 6.92 Å². The van der Waals surface area contributed by atoms with Gasteiger partial charge in [0.2, 0.25) is 0 Å². The predicted molar refractivity (Wildman–Crippen MR) is 134 cm³/mol. The van der Waals surface area contributed by atoms with Crippen LogP contribution in [-0.4, -0.2) is 67.7 Å². The second-order valence-corrected chi connectivity index (χ2v) is 9.93. The Kier molecular flexibility index (Phi) is 7.66. The van der Waals surface area contributed by atoms with E-state index in [1.165, 1.54) is 16.0 Å². The molecule has 0 aromatic heterocycles. The molecule has 0 atom stereocenters. The van der Waals surface area contributed by atoms with Crippen LogP contribution in [0.5, 0.6) is 0 Å². The predicted octanol–water partition coefficient (Wildman–Crippen LogP) is 4.75. The van der Waals surface area contributed by atoms with Gasteiger partial charge in [-0.1, -0.05) is 36.7 Å². The molecular weight excluding hydrogens is 416 g/mol. The third-order valence-electron chi connectivity index (χ3n) is 6.16. The third kappa shape index (κ3) is 5.61. The minimum atomic E-state index is -0.0129. The molecule has 6 heteroatoms. The Bertz CT molecular complexity index is 995. The molecular formula is C26H34N4OS. The van der Waals surface area contributed by atoms with E-state index in [0.29, 0.717) is 12.1 Å². The average Bonchev–Trinajstić information content (AvgIpc) is 2.94. The number of likely N-dealkylation sites (N-methyl/N-ethyl adjacent to an activating group) is 1. The molecule has 1 amide bonds. The molecule has 0 spiro atoms. The largest absolute Gasteiger partial charge is 0.352 e. The minimum absolute atomic E-state index is 0.0129. The molecule has 0 bridgehead atoms. The van der Waals surface area contributed by atoms with Crippen LogP contribution >= 0.6 is 11.8 Å². The maximum atomic E-state index is 12.8. The van der Waals surface area contributed by atoms with Crippen molar-refractivity contribution in [3.05, 3.63) is 53.1 Å². The summed E-state index contributed by atoms with van der Waals surface area (Å²) in [7, 11) is 2.17. The fraction of sp³-hybridized carbons (Fsp3) is 0.462. The molecule has 1 N–H and O–H groups in total. The Hall–Kier alpha value is -2.15. The van der Waals surface area contributed by atoms with Gasteiger partial charge in [-0.2, -0.15) is 0 Å². The molecule has 4 rings (SSSR count). The number of fused-ring (bicyclic) bond motifs is 2. The Morgan fingerprint density at radius 1 is 1.09 bits per heavy atom. The maximum Gasteiger partial charge on any atom is 0.251 e. The molecule has 1 saturated heterocycles. The normalized spacial score (nSPS) is 16.7. The lowest BCUT2D eigenvalue weighted by molar-refractivity contribution is 0.0949. The van der Waals surface area contributed by atoms with Gasteiger partial charge in [0.05, 0.1) is 5.69 Å². The number of rotatable bonds is 7. The van der Waals surface area contributed by atoms with Gasteiger partial charge >= 0.3 is 0 Å². The zero-order valence-electron chi connectivity index (χ0n) is 19.5. The first-order valence-corrected chi connectivity index (χ1v) is 12.5. The third-order valence-corrected chi connectivity index (χ3v) is 7.30. The summed E-state index contributed by atoms with van der Waals surface area (Å²) in [4.78, 5) is 25.0. The van der Waals surface area contributed by atoms with E-state index in [-0.39, 0.29) is 5.91 Å². The van der Waals surface area contributed by atoms with E-state index in [2.05, 4.69) is 54.2 Å². The molecule has 1 fully saturated rings. The van der Waals surface area contributed by atoms with Gasteiger partial charge in [0.15, 0.2) is 0 Å². The smallest absolute Gasteiger partial charge is 0.251 e. The van der Waals surface area contributed by atoms with Crippen molar-refractivity contribution in [2.75, 3.05) is 46.3 Å². The van der Waals surface area contributed by atoms with Crippen LogP contribution in [0.2, 0.25) is 0 Å². The average molecular weight is 451 g/mol. The van der Waals surface area contributed by atoms with Gasteiger partial charge < -0.3 is 15.1 Å². The summed E-state index contributed by atoms with van der Waals surface area (Å²) in [6.45, 7) is 10.5. The summed E-state index contributed by atoms with van der Waals surface area (Å²) in [5.41, 5.74) is 5.17. The monoisotopic (exact) mass is 450 g/mol. The molecule has 0 unspecified atom stereocenters. The van der Waals surface area contributed by atoms with E-state index in [9.17, 15) is 4.79 Å². The number of aliphatic imine (C=N–C) groups is 1. The fourth-order valence-corrected chi connectivity index (χ4v) is 5.23. The topological polar surface area (TPSA) is 47.9 Å². The maximum absolute atomic E-state index is 12.8. The molecule has 0 aliphatic carbocycles. The van der Waals surface area contributed by atoms with E-state index in [1.807, 2.05) is 18.2 Å². The lowest BCUT2D eigenvalue weighted by atomic mass is 10.0. The van der Waals surface area contributed by atoms with Gasteiger partial charge in [-0.05, 0) is 63.7 Å². The van der Waals surface area contributed by atoms with Crippen LogP contribution in [-0.2, 0) is 0 Å². The quantitative estimate of drug-likeness (QED) is 0.619. The van der Waals surface area contributed by atoms with E-state index in [0.717, 1.165) is 68.3 Å². The SMILES string of the molecule is CCCC1=Nc2cc(C(=O)NCCCN3CCN(C)CC3)ccc2Sc2ccc(C)cc21. The van der Waals surface area contributed by atoms with Gasteiger partial charge in [0, 0.05) is 59.4 Å². The second-order valence-electron chi connectivity index (χ2n) is 8.85. The molecule has 2 heterocycles. The molecule has 0 radical (unpaired) electrons. The van der Waals surface area contributed by atoms with Crippen LogP contribution in [0.3, 0.4) is 0 Å². The standard InChI is InChI=1S/C26H34N4OS/c1-4-6-22-21-17-19(2)7-9-24(21)32-25-10-8-20(18-23(25)28-22)26(31)27-11-5-12-30-15-13-29(3)14-16-30/h7-10,17-18H,4-6,11-16H2,1-3H3,(H,27,31). The lowest BCUT2D eigenvalue weighted by Crippen LogP contribution is -2.45. The number of aryl methyl sites for hydroxylation is 1. The van der Waals surface area contributed by atoms with Gasteiger partial charge in [0.1, 0.15) is 0 Å². The summed E-state index contributed by atoms with van der Waals surface area (Å²) in [6, 6.07) is 12.5. The first-order chi connectivity index (χ1) is 15.5. The van der Waals surface area contributed by atoms with Crippen molar-refractivity contribution in [3.8, 4) is 0 Å². The van der Waals surface area contributed by atoms with Crippen molar-refractivity contribution in [1.29, 1.82) is 0 Å². The van der Waals surface area contributed by atoms with E-state index < -0.39 is 0 Å². The first kappa shape index (κ1) is 23.0. The molecule has 0 saturated carbocycles. The second kappa shape index (κ2) is 10.6. The molecule has 2 aliphatic heterocycles. The molecule has 5 nitrogen and oxygen atoms in total. The van der Waals surface area contributed by atoms with Crippen molar-refractivity contribution in [2.24, 2.45) is 4.99 Å². The highest BCUT2D eigenvalue weighted by Gasteiger charge is 2.19. The molecule has 2 aromatic carbocycles. The number of carbonyl (C=O) groups is 1. The molecule has 32 heavy (non-hydrogen) atoms. The number of carbonyl (C=O) groups excluding carboxylic acids is 1. The summed E-state index contributed by atoms with van der Waals surface area (Å²) >= 11 is 1.74. The Morgan fingerprint density at radius 2 is 1.88 bits per heavy atom. The van der Waals surface area contributed by atoms with Gasteiger partial charge in [-0.25, -0.2) is 0 Å². The number of hydrogen-bond donors (Lipinski definition) is 1. The lowest BCUT2D eigenvalue weighted by Gasteiger charge is -2.32. The van der Waals surface area contributed by atoms with Gasteiger partial charge in [0.25, 0.3) is 5.91 Å². The zero-order valence-corrected chi connectivity index (χ0v) is 20.3. The van der Waals surface area contributed by atoms with Crippen molar-refractivity contribution >= 4 is 29.1 Å². The highest BCUT2D eigenvalue weighted by Crippen LogP contribution is 2.41. The first-order valence-electron chi connectivity index (χ1n) is 11.7. The van der Waals surface area contributed by atoms with Crippen LogP contribution < -0.4 is 5.32 Å². The van der Waals surface area contributed by atoms with Crippen LogP contribution in [0.1, 0.15) is 47.7 Å². The number of nitrogens with zero attached hydrogens (tertiary/aromatic N) is 3. The highest BCUT2D eigenvalue weighted by molar-refractivity contribution is 7.99. The van der Waals surface area contributed by atoms with Crippen LogP contribution in [0.25, 0.3) is 0 Å². The summed E-state index contributed by atoms with van der Waals surface area (Å²) in [6.07, 6.45) is 2.95. The number of benzene rings is 2. The van der Waals surface area contributed by atoms with Crippen molar-refractivity contribution in [2.45, 2.75) is 42.9 Å². The van der Waals surface area contributed by atoms with Crippen LogP contribution in [0.4, 0.5) is 5.69 Å². The van der Waals surface area contributed by atoms with Crippen molar-refractivity contribution in [3.63, 3.8) is 0 Å². The summed E-state index contributed by atoms with van der Waals surface area (Å²) < 4.78 is 0. The Morgan fingerprint density at radius 3 is 2.66 bits per heavy atom. The molecule has 170 valence electrons. The zero-order chi connectivity index (χ0) is 22.5. The van der Waals surface area contributed by atoms with Crippen LogP contribution in [0.15, 0.2) is 51.2 Å². The van der Waals surface area contributed by atoms with E-state index in [1.54, 1.807) is 11.8 Å².